The lowest BCUT2D eigenvalue weighted by atomic mass is 10.1. The Morgan fingerprint density at radius 1 is 1.47 bits per heavy atom. The van der Waals surface area contributed by atoms with Crippen LogP contribution in [0.2, 0.25) is 0 Å². The third-order valence-corrected chi connectivity index (χ3v) is 3.53. The fourth-order valence-corrected chi connectivity index (χ4v) is 2.62. The van der Waals surface area contributed by atoms with Crippen molar-refractivity contribution in [3.63, 3.8) is 0 Å². The van der Waals surface area contributed by atoms with E-state index in [1.54, 1.807) is 6.92 Å². The van der Waals surface area contributed by atoms with E-state index in [2.05, 4.69) is 5.32 Å². The number of amides is 1. The molecule has 2 heterocycles. The van der Waals surface area contributed by atoms with E-state index < -0.39 is 0 Å². The van der Waals surface area contributed by atoms with Crippen molar-refractivity contribution in [1.29, 1.82) is 0 Å². The normalized spacial score (nSPS) is 26.3. The van der Waals surface area contributed by atoms with Crippen LogP contribution >= 0.6 is 0 Å². The van der Waals surface area contributed by atoms with Crippen molar-refractivity contribution in [2.45, 2.75) is 32.2 Å². The first kappa shape index (κ1) is 12.4. The minimum absolute atomic E-state index is 0.106. The molecule has 96 valence electrons. The van der Waals surface area contributed by atoms with Crippen molar-refractivity contribution < 1.29 is 14.3 Å². The van der Waals surface area contributed by atoms with Gasteiger partial charge in [0.2, 0.25) is 5.91 Å². The van der Waals surface area contributed by atoms with E-state index in [0.717, 1.165) is 25.9 Å². The highest BCUT2D eigenvalue weighted by atomic mass is 16.5. The number of likely N-dealkylation sites (tertiary alicyclic amines) is 1. The highest BCUT2D eigenvalue weighted by Gasteiger charge is 2.38. The van der Waals surface area contributed by atoms with Crippen molar-refractivity contribution in [2.75, 3.05) is 26.2 Å². The number of nitrogens with one attached hydrogen (secondary N) is 1. The number of carbonyl (C=O) groups is 2. The Labute approximate surface area is 101 Å². The molecule has 2 saturated heterocycles. The lowest BCUT2D eigenvalue weighted by Crippen LogP contribution is -2.44. The second-order valence-electron chi connectivity index (χ2n) is 4.68. The largest absolute Gasteiger partial charge is 0.466 e. The summed E-state index contributed by atoms with van der Waals surface area (Å²) in [5.74, 6) is -0.371. The molecule has 0 aromatic rings. The van der Waals surface area contributed by atoms with Crippen LogP contribution in [0.1, 0.15) is 26.2 Å². The molecule has 2 fully saturated rings. The maximum absolute atomic E-state index is 11.9. The van der Waals surface area contributed by atoms with Crippen molar-refractivity contribution in [2.24, 2.45) is 5.92 Å². The van der Waals surface area contributed by atoms with Gasteiger partial charge in [0.25, 0.3) is 0 Å². The maximum Gasteiger partial charge on any atom is 0.311 e. The number of piperidine rings is 1. The fraction of sp³-hybridized carbons (Fsp3) is 0.833. The van der Waals surface area contributed by atoms with E-state index in [0.29, 0.717) is 25.6 Å². The van der Waals surface area contributed by atoms with Crippen molar-refractivity contribution in [3.05, 3.63) is 0 Å². The summed E-state index contributed by atoms with van der Waals surface area (Å²) in [5, 5.41) is 3.28. The number of esters is 1. The quantitative estimate of drug-likeness (QED) is 0.713. The lowest BCUT2D eigenvalue weighted by molar-refractivity contribution is -0.147. The van der Waals surface area contributed by atoms with Gasteiger partial charge in [0.15, 0.2) is 0 Å². The zero-order valence-electron chi connectivity index (χ0n) is 10.3. The Hall–Kier alpha value is -1.10. The van der Waals surface area contributed by atoms with Crippen LogP contribution in [-0.2, 0) is 14.3 Å². The number of carbonyl (C=O) groups excluding carboxylic acids is 2. The monoisotopic (exact) mass is 240 g/mol. The standard InChI is InChI=1S/C12H20N2O3/c1-2-17-12(16)9-7-11(15)14(8-9)10-3-5-13-6-4-10/h9-10,13H,2-8H2,1H3. The molecule has 1 amide bonds. The van der Waals surface area contributed by atoms with Gasteiger partial charge in [0.1, 0.15) is 0 Å². The number of ether oxygens (including phenoxy) is 1. The predicted octanol–water partition coefficient (Wildman–Crippen LogP) is 0.150. The van der Waals surface area contributed by atoms with Crippen LogP contribution in [0.4, 0.5) is 0 Å². The van der Waals surface area contributed by atoms with E-state index in [-0.39, 0.29) is 17.8 Å². The zero-order chi connectivity index (χ0) is 12.3. The van der Waals surface area contributed by atoms with Crippen molar-refractivity contribution in [3.8, 4) is 0 Å². The molecule has 0 radical (unpaired) electrons. The molecule has 1 atom stereocenters. The van der Waals surface area contributed by atoms with Gasteiger partial charge in [-0.25, -0.2) is 0 Å². The molecule has 0 aromatic heterocycles. The maximum atomic E-state index is 11.9. The first-order chi connectivity index (χ1) is 8.22. The number of rotatable bonds is 3. The third-order valence-electron chi connectivity index (χ3n) is 3.53. The van der Waals surface area contributed by atoms with E-state index >= 15 is 0 Å². The van der Waals surface area contributed by atoms with Crippen molar-refractivity contribution >= 4 is 11.9 Å². The summed E-state index contributed by atoms with van der Waals surface area (Å²) in [4.78, 5) is 25.4. The molecule has 17 heavy (non-hydrogen) atoms. The fourth-order valence-electron chi connectivity index (χ4n) is 2.62. The lowest BCUT2D eigenvalue weighted by Gasteiger charge is -2.31. The molecule has 5 nitrogen and oxygen atoms in total. The highest BCUT2D eigenvalue weighted by Crippen LogP contribution is 2.24. The molecule has 0 aromatic carbocycles. The van der Waals surface area contributed by atoms with Gasteiger partial charge in [-0.3, -0.25) is 9.59 Å². The van der Waals surface area contributed by atoms with Gasteiger partial charge < -0.3 is 15.0 Å². The van der Waals surface area contributed by atoms with Gasteiger partial charge in [-0.05, 0) is 32.9 Å². The van der Waals surface area contributed by atoms with Crippen LogP contribution < -0.4 is 5.32 Å². The smallest absolute Gasteiger partial charge is 0.311 e. The second-order valence-corrected chi connectivity index (χ2v) is 4.68. The average Bonchev–Trinajstić information content (AvgIpc) is 2.73. The van der Waals surface area contributed by atoms with Gasteiger partial charge in [-0.2, -0.15) is 0 Å². The summed E-state index contributed by atoms with van der Waals surface area (Å²) >= 11 is 0. The second kappa shape index (κ2) is 5.49. The van der Waals surface area contributed by atoms with Crippen molar-refractivity contribution in [1.82, 2.24) is 10.2 Å². The Balaban J connectivity index is 1.92. The number of nitrogens with zero attached hydrogens (tertiary/aromatic N) is 1. The summed E-state index contributed by atoms with van der Waals surface area (Å²) in [6.07, 6.45) is 2.30. The van der Waals surface area contributed by atoms with Crippen LogP contribution in [0.25, 0.3) is 0 Å². The molecule has 2 aliphatic heterocycles. The number of hydrogen-bond donors (Lipinski definition) is 1. The molecule has 1 N–H and O–H groups in total. The number of hydrogen-bond acceptors (Lipinski definition) is 4. The Kier molecular flexibility index (Phi) is 3.99. The zero-order valence-corrected chi connectivity index (χ0v) is 10.3. The minimum atomic E-state index is -0.252. The van der Waals surface area contributed by atoms with E-state index in [1.165, 1.54) is 0 Å². The van der Waals surface area contributed by atoms with E-state index in [1.807, 2.05) is 4.90 Å². The molecular weight excluding hydrogens is 220 g/mol. The van der Waals surface area contributed by atoms with Crippen LogP contribution in [0.15, 0.2) is 0 Å². The molecule has 0 bridgehead atoms. The van der Waals surface area contributed by atoms with Crippen LogP contribution in [0.3, 0.4) is 0 Å². The van der Waals surface area contributed by atoms with Gasteiger partial charge in [-0.1, -0.05) is 0 Å². The molecule has 2 aliphatic rings. The SMILES string of the molecule is CCOC(=O)C1CC(=O)N(C2CCNCC2)C1. The first-order valence-corrected chi connectivity index (χ1v) is 6.39. The van der Waals surface area contributed by atoms with E-state index in [9.17, 15) is 9.59 Å². The molecule has 2 rings (SSSR count). The third kappa shape index (κ3) is 2.77. The molecule has 0 saturated carbocycles. The van der Waals surface area contributed by atoms with Gasteiger partial charge in [0, 0.05) is 19.0 Å². The molecule has 5 heteroatoms. The van der Waals surface area contributed by atoms with E-state index in [4.69, 9.17) is 4.74 Å². The summed E-state index contributed by atoms with van der Waals surface area (Å²) in [6, 6.07) is 0.308. The molecular formula is C12H20N2O3. The molecule has 0 spiro atoms. The average molecular weight is 240 g/mol. The minimum Gasteiger partial charge on any atom is -0.466 e. The van der Waals surface area contributed by atoms with Crippen LogP contribution in [-0.4, -0.2) is 49.1 Å². The summed E-state index contributed by atoms with van der Waals surface area (Å²) in [7, 11) is 0. The molecule has 1 unspecified atom stereocenters. The van der Waals surface area contributed by atoms with Crippen LogP contribution in [0.5, 0.6) is 0 Å². The highest BCUT2D eigenvalue weighted by molar-refractivity contribution is 5.87. The Morgan fingerprint density at radius 2 is 2.18 bits per heavy atom. The van der Waals surface area contributed by atoms with Gasteiger partial charge >= 0.3 is 5.97 Å². The predicted molar refractivity (Wildman–Crippen MR) is 62.3 cm³/mol. The van der Waals surface area contributed by atoms with Crippen LogP contribution in [0, 0.1) is 5.92 Å². The Bertz CT molecular complexity index is 300. The molecule has 0 aliphatic carbocycles. The van der Waals surface area contributed by atoms with Gasteiger partial charge in [-0.15, -0.1) is 0 Å². The van der Waals surface area contributed by atoms with Gasteiger partial charge in [0.05, 0.1) is 12.5 Å². The summed E-state index contributed by atoms with van der Waals surface area (Å²) < 4.78 is 4.98. The first-order valence-electron chi connectivity index (χ1n) is 6.39. The Morgan fingerprint density at radius 3 is 2.82 bits per heavy atom. The summed E-state index contributed by atoms with van der Waals surface area (Å²) in [5.41, 5.74) is 0. The summed E-state index contributed by atoms with van der Waals surface area (Å²) in [6.45, 7) is 4.63. The topological polar surface area (TPSA) is 58.6 Å².